The minimum atomic E-state index is 0.260. The van der Waals surface area contributed by atoms with Gasteiger partial charge in [-0.3, -0.25) is 4.98 Å². The minimum absolute atomic E-state index is 0.260. The van der Waals surface area contributed by atoms with Crippen molar-refractivity contribution in [3.8, 4) is 11.3 Å². The number of fused-ring (bicyclic) bond motifs is 5. The number of rotatable bonds is 4. The molecule has 5 aromatic rings. The molecule has 1 nitrogen and oxygen atoms in total. The molecule has 0 bridgehead atoms. The fraction of sp³-hybridized carbons (Fsp3) is 0.378. The second-order valence-electron chi connectivity index (χ2n) is 14.5. The Balaban J connectivity index is 1.61. The average Bonchev–Trinajstić information content (AvgIpc) is 2.82. The number of nitrogens with zero attached hydrogens (tertiary/aromatic N) is 1. The Bertz CT molecular complexity index is 1740. The van der Waals surface area contributed by atoms with Crippen molar-refractivity contribution >= 4 is 44.1 Å². The second kappa shape index (κ2) is 9.37. The van der Waals surface area contributed by atoms with Crippen LogP contribution in [0.15, 0.2) is 70.6 Å². The molecular formula is C37H41NS. The van der Waals surface area contributed by atoms with Crippen molar-refractivity contribution in [1.82, 2.24) is 4.98 Å². The lowest BCUT2D eigenvalue weighted by atomic mass is 9.85. The van der Waals surface area contributed by atoms with Crippen LogP contribution in [0.5, 0.6) is 0 Å². The van der Waals surface area contributed by atoms with E-state index in [0.29, 0.717) is 5.92 Å². The van der Waals surface area contributed by atoms with Crippen LogP contribution in [-0.2, 0) is 19.3 Å². The van der Waals surface area contributed by atoms with Crippen molar-refractivity contribution in [3.63, 3.8) is 0 Å². The third-order valence-electron chi connectivity index (χ3n) is 7.70. The highest BCUT2D eigenvalue weighted by molar-refractivity contribution is 8.00. The monoisotopic (exact) mass is 531 g/mol. The predicted octanol–water partition coefficient (Wildman–Crippen LogP) is 11.0. The normalized spacial score (nSPS) is 13.6. The maximum atomic E-state index is 5.06. The summed E-state index contributed by atoms with van der Waals surface area (Å²) in [5.41, 5.74) is 7.27. The van der Waals surface area contributed by atoms with Crippen LogP contribution < -0.4 is 0 Å². The molecule has 2 heterocycles. The van der Waals surface area contributed by atoms with E-state index in [-0.39, 0.29) is 10.8 Å². The van der Waals surface area contributed by atoms with E-state index in [1.165, 1.54) is 64.4 Å². The summed E-state index contributed by atoms with van der Waals surface area (Å²) in [6, 6.07) is 21.3. The van der Waals surface area contributed by atoms with Crippen LogP contribution in [0.4, 0.5) is 0 Å². The van der Waals surface area contributed by atoms with Crippen LogP contribution in [0, 0.1) is 16.7 Å². The van der Waals surface area contributed by atoms with E-state index in [2.05, 4.69) is 110 Å². The van der Waals surface area contributed by atoms with Gasteiger partial charge in [-0.15, -0.1) is 0 Å². The zero-order chi connectivity index (χ0) is 27.7. The zero-order valence-corrected chi connectivity index (χ0v) is 25.6. The summed E-state index contributed by atoms with van der Waals surface area (Å²) in [4.78, 5) is 7.80. The van der Waals surface area contributed by atoms with Crippen LogP contribution in [0.25, 0.3) is 43.6 Å². The van der Waals surface area contributed by atoms with Crippen molar-refractivity contribution in [2.75, 3.05) is 0 Å². The number of pyridine rings is 1. The van der Waals surface area contributed by atoms with Crippen molar-refractivity contribution in [3.05, 3.63) is 77.5 Å². The number of hydrogen-bond donors (Lipinski definition) is 0. The van der Waals surface area contributed by atoms with E-state index in [0.717, 1.165) is 25.0 Å². The Morgan fingerprint density at radius 1 is 0.718 bits per heavy atom. The Morgan fingerprint density at radius 2 is 1.41 bits per heavy atom. The molecule has 0 N–H and O–H groups in total. The Labute approximate surface area is 238 Å². The summed E-state index contributed by atoms with van der Waals surface area (Å²) in [5, 5.41) is 8.06. The molecule has 0 unspecified atom stereocenters. The van der Waals surface area contributed by atoms with Crippen molar-refractivity contribution < 1.29 is 0 Å². The summed E-state index contributed by atoms with van der Waals surface area (Å²) >= 11 is 1.96. The molecule has 1 aromatic heterocycles. The van der Waals surface area contributed by atoms with E-state index >= 15 is 0 Å². The van der Waals surface area contributed by atoms with Gasteiger partial charge in [0.15, 0.2) is 0 Å². The molecule has 0 spiro atoms. The van der Waals surface area contributed by atoms with Gasteiger partial charge in [0.2, 0.25) is 0 Å². The fourth-order valence-electron chi connectivity index (χ4n) is 6.37. The van der Waals surface area contributed by atoms with E-state index in [9.17, 15) is 0 Å². The largest absolute Gasteiger partial charge is 0.256 e. The molecule has 200 valence electrons. The Kier molecular flexibility index (Phi) is 6.34. The van der Waals surface area contributed by atoms with Crippen LogP contribution in [0.2, 0.25) is 0 Å². The molecular weight excluding hydrogens is 490 g/mol. The van der Waals surface area contributed by atoms with E-state index in [1.807, 2.05) is 18.0 Å². The van der Waals surface area contributed by atoms with E-state index < -0.39 is 0 Å². The summed E-state index contributed by atoms with van der Waals surface area (Å²) in [5.74, 6) is 0.581. The molecule has 0 aliphatic carbocycles. The fourth-order valence-corrected chi connectivity index (χ4v) is 7.66. The first kappa shape index (κ1) is 26.4. The molecule has 0 saturated carbocycles. The summed E-state index contributed by atoms with van der Waals surface area (Å²) in [7, 11) is 0. The van der Waals surface area contributed by atoms with Crippen LogP contribution >= 0.6 is 11.8 Å². The molecule has 2 heteroatoms. The summed E-state index contributed by atoms with van der Waals surface area (Å²) in [6.07, 6.45) is 5.25. The van der Waals surface area contributed by atoms with Gasteiger partial charge >= 0.3 is 0 Å². The van der Waals surface area contributed by atoms with E-state index in [4.69, 9.17) is 4.98 Å². The molecule has 6 rings (SSSR count). The maximum absolute atomic E-state index is 5.06. The average molecular weight is 532 g/mol. The lowest BCUT2D eigenvalue weighted by molar-refractivity contribution is 0.411. The molecule has 0 saturated heterocycles. The lowest BCUT2D eigenvalue weighted by Crippen LogP contribution is -2.09. The first-order chi connectivity index (χ1) is 18.4. The van der Waals surface area contributed by atoms with E-state index in [1.54, 1.807) is 0 Å². The van der Waals surface area contributed by atoms with Gasteiger partial charge in [-0.1, -0.05) is 104 Å². The SMILES string of the molecule is CC(C)Cc1c2c(cc3cc(CC(C)(C)C)ccc13)-c1nccc3c1c(cc1ccc(CC(C)(C)C)cc13)S2. The number of aromatic nitrogens is 1. The minimum Gasteiger partial charge on any atom is -0.256 e. The zero-order valence-electron chi connectivity index (χ0n) is 24.8. The number of benzene rings is 4. The van der Waals surface area contributed by atoms with Crippen LogP contribution in [0.1, 0.15) is 72.1 Å². The molecule has 0 radical (unpaired) electrons. The molecule has 0 atom stereocenters. The standard InChI is InChI=1S/C37H41NS/c1-22(2)15-30-27-12-10-23(20-36(3,4)5)16-26(27)18-31-34-33-28(13-14-38-34)29-17-24(21-37(6,7)8)9-11-25(29)19-32(33)39-35(30)31/h9-14,16-19,22H,15,20-21H2,1-8H3. The lowest BCUT2D eigenvalue weighted by Gasteiger charge is -2.26. The number of hydrogen-bond acceptors (Lipinski definition) is 2. The molecule has 39 heavy (non-hydrogen) atoms. The van der Waals surface area contributed by atoms with Gasteiger partial charge in [-0.2, -0.15) is 0 Å². The highest BCUT2D eigenvalue weighted by Crippen LogP contribution is 2.52. The van der Waals surface area contributed by atoms with Crippen molar-refractivity contribution in [2.45, 2.75) is 84.4 Å². The third kappa shape index (κ3) is 5.09. The van der Waals surface area contributed by atoms with Crippen molar-refractivity contribution in [1.29, 1.82) is 0 Å². The predicted molar refractivity (Wildman–Crippen MR) is 171 cm³/mol. The highest BCUT2D eigenvalue weighted by Gasteiger charge is 2.26. The van der Waals surface area contributed by atoms with Gasteiger partial charge in [0, 0.05) is 26.9 Å². The first-order valence-electron chi connectivity index (χ1n) is 14.5. The molecule has 0 amide bonds. The maximum Gasteiger partial charge on any atom is 0.0803 e. The van der Waals surface area contributed by atoms with Gasteiger partial charge in [-0.25, -0.2) is 0 Å². The topological polar surface area (TPSA) is 12.9 Å². The first-order valence-corrected chi connectivity index (χ1v) is 15.3. The Hall–Kier alpha value is -2.84. The Morgan fingerprint density at radius 3 is 2.10 bits per heavy atom. The van der Waals surface area contributed by atoms with Crippen LogP contribution in [0.3, 0.4) is 0 Å². The summed E-state index contributed by atoms with van der Waals surface area (Å²) < 4.78 is 0. The molecule has 1 aliphatic rings. The molecule has 4 aromatic carbocycles. The van der Waals surface area contributed by atoms with Gasteiger partial charge in [0.05, 0.1) is 5.69 Å². The quantitative estimate of drug-likeness (QED) is 0.210. The van der Waals surface area contributed by atoms with Crippen molar-refractivity contribution in [2.24, 2.45) is 16.7 Å². The smallest absolute Gasteiger partial charge is 0.0803 e. The van der Waals surface area contributed by atoms with Gasteiger partial charge in [0.1, 0.15) is 0 Å². The molecule has 1 aliphatic heterocycles. The molecule has 0 fully saturated rings. The van der Waals surface area contributed by atoms with Gasteiger partial charge < -0.3 is 0 Å². The second-order valence-corrected chi connectivity index (χ2v) is 15.5. The van der Waals surface area contributed by atoms with Gasteiger partial charge in [-0.05, 0) is 97.8 Å². The van der Waals surface area contributed by atoms with Crippen LogP contribution in [-0.4, -0.2) is 4.98 Å². The highest BCUT2D eigenvalue weighted by atomic mass is 32.2. The van der Waals surface area contributed by atoms with Gasteiger partial charge in [0.25, 0.3) is 0 Å². The summed E-state index contributed by atoms with van der Waals surface area (Å²) in [6.45, 7) is 18.6. The third-order valence-corrected chi connectivity index (χ3v) is 8.91.